The topological polar surface area (TPSA) is 66.4 Å². The first kappa shape index (κ1) is 13.0. The number of thiophene rings is 1. The summed E-state index contributed by atoms with van der Waals surface area (Å²) in [5, 5.41) is 11.1. The molecule has 6 heteroatoms. The number of carbonyl (C=O) groups is 2. The van der Waals surface area contributed by atoms with Gasteiger partial charge in [0.05, 0.1) is 10.9 Å². The number of amides is 1. The van der Waals surface area contributed by atoms with Crippen LogP contribution < -0.4 is 5.32 Å². The van der Waals surface area contributed by atoms with Gasteiger partial charge >= 0.3 is 5.97 Å². The molecule has 0 aliphatic rings. The number of nitrogens with one attached hydrogen (secondary N) is 1. The highest BCUT2D eigenvalue weighted by molar-refractivity contribution is 7.16. The third-order valence-corrected chi connectivity index (χ3v) is 3.11. The third-order valence-electron chi connectivity index (χ3n) is 1.88. The molecule has 0 atom stereocenters. The first-order valence-electron chi connectivity index (χ1n) is 4.80. The van der Waals surface area contributed by atoms with E-state index in [0.717, 1.165) is 4.88 Å². The van der Waals surface area contributed by atoms with Crippen LogP contribution >= 0.6 is 22.9 Å². The van der Waals surface area contributed by atoms with Crippen LogP contribution in [0, 0.1) is 0 Å². The molecular formula is C10H12ClNO3S. The molecule has 0 saturated heterocycles. The van der Waals surface area contributed by atoms with Crippen LogP contribution in [-0.4, -0.2) is 17.0 Å². The lowest BCUT2D eigenvalue weighted by atomic mass is 10.2. The summed E-state index contributed by atoms with van der Waals surface area (Å²) < 4.78 is 0.690. The van der Waals surface area contributed by atoms with Crippen LogP contribution in [0.5, 0.6) is 0 Å². The SMILES string of the molecule is O=C(O)CCCC(=O)NCc1ccc(Cl)s1. The van der Waals surface area contributed by atoms with Crippen LogP contribution in [0.15, 0.2) is 12.1 Å². The van der Waals surface area contributed by atoms with Crippen molar-refractivity contribution in [3.63, 3.8) is 0 Å². The molecule has 0 fully saturated rings. The molecule has 1 rings (SSSR count). The van der Waals surface area contributed by atoms with Crippen molar-refractivity contribution >= 4 is 34.8 Å². The van der Waals surface area contributed by atoms with Crippen molar-refractivity contribution in [2.45, 2.75) is 25.8 Å². The predicted molar refractivity (Wildman–Crippen MR) is 62.7 cm³/mol. The molecule has 88 valence electrons. The maximum atomic E-state index is 11.3. The summed E-state index contributed by atoms with van der Waals surface area (Å²) in [6.45, 7) is 0.448. The predicted octanol–water partition coefficient (Wildman–Crippen LogP) is 2.27. The van der Waals surface area contributed by atoms with E-state index in [2.05, 4.69) is 5.32 Å². The molecule has 0 aromatic carbocycles. The monoisotopic (exact) mass is 261 g/mol. The number of hydrogen-bond donors (Lipinski definition) is 2. The maximum Gasteiger partial charge on any atom is 0.303 e. The Kier molecular flexibility index (Phi) is 5.28. The van der Waals surface area contributed by atoms with Gasteiger partial charge in [-0.15, -0.1) is 11.3 Å². The Labute approximate surface area is 102 Å². The van der Waals surface area contributed by atoms with Gasteiger partial charge in [0.2, 0.25) is 5.91 Å². The molecule has 0 aliphatic carbocycles. The fourth-order valence-corrected chi connectivity index (χ4v) is 2.15. The molecular weight excluding hydrogens is 250 g/mol. The minimum atomic E-state index is -0.877. The number of hydrogen-bond acceptors (Lipinski definition) is 3. The lowest BCUT2D eigenvalue weighted by Crippen LogP contribution is -2.22. The van der Waals surface area contributed by atoms with E-state index in [4.69, 9.17) is 16.7 Å². The Morgan fingerprint density at radius 3 is 2.69 bits per heavy atom. The number of halogens is 1. The van der Waals surface area contributed by atoms with Gasteiger partial charge in [0.1, 0.15) is 0 Å². The minimum Gasteiger partial charge on any atom is -0.481 e. The van der Waals surface area contributed by atoms with Gasteiger partial charge in [-0.3, -0.25) is 9.59 Å². The Hall–Kier alpha value is -1.07. The van der Waals surface area contributed by atoms with Crippen molar-refractivity contribution in [3.05, 3.63) is 21.3 Å². The summed E-state index contributed by atoms with van der Waals surface area (Å²) >= 11 is 7.15. The highest BCUT2D eigenvalue weighted by atomic mass is 35.5. The van der Waals surface area contributed by atoms with E-state index >= 15 is 0 Å². The summed E-state index contributed by atoms with van der Waals surface area (Å²) in [6.07, 6.45) is 0.635. The molecule has 0 unspecified atom stereocenters. The summed E-state index contributed by atoms with van der Waals surface area (Å²) in [5.74, 6) is -1.01. The second-order valence-electron chi connectivity index (χ2n) is 3.23. The van der Waals surface area contributed by atoms with E-state index in [1.165, 1.54) is 11.3 Å². The van der Waals surface area contributed by atoms with Crippen molar-refractivity contribution < 1.29 is 14.7 Å². The fraction of sp³-hybridized carbons (Fsp3) is 0.400. The highest BCUT2D eigenvalue weighted by Crippen LogP contribution is 2.20. The first-order valence-corrected chi connectivity index (χ1v) is 6.00. The van der Waals surface area contributed by atoms with Crippen molar-refractivity contribution in [1.29, 1.82) is 0 Å². The van der Waals surface area contributed by atoms with E-state index < -0.39 is 5.97 Å². The second kappa shape index (κ2) is 6.50. The quantitative estimate of drug-likeness (QED) is 0.826. The Morgan fingerprint density at radius 2 is 2.12 bits per heavy atom. The summed E-state index contributed by atoms with van der Waals surface area (Å²) in [6, 6.07) is 3.63. The number of aliphatic carboxylic acids is 1. The maximum absolute atomic E-state index is 11.3. The van der Waals surface area contributed by atoms with Gasteiger partial charge in [0.25, 0.3) is 0 Å². The molecule has 2 N–H and O–H groups in total. The fourth-order valence-electron chi connectivity index (χ4n) is 1.12. The third kappa shape index (κ3) is 5.14. The second-order valence-corrected chi connectivity index (χ2v) is 5.03. The molecule has 1 aromatic heterocycles. The Bertz CT molecular complexity index is 378. The van der Waals surface area contributed by atoms with Gasteiger partial charge in [-0.1, -0.05) is 11.6 Å². The zero-order valence-electron chi connectivity index (χ0n) is 8.53. The van der Waals surface area contributed by atoms with Crippen molar-refractivity contribution in [3.8, 4) is 0 Å². The zero-order valence-corrected chi connectivity index (χ0v) is 10.1. The van der Waals surface area contributed by atoms with Crippen molar-refractivity contribution in [1.82, 2.24) is 5.32 Å². The molecule has 0 bridgehead atoms. The van der Waals surface area contributed by atoms with Crippen LogP contribution in [0.4, 0.5) is 0 Å². The average molecular weight is 262 g/mol. The smallest absolute Gasteiger partial charge is 0.303 e. The molecule has 16 heavy (non-hydrogen) atoms. The standard InChI is InChI=1S/C10H12ClNO3S/c11-8-5-4-7(16-8)6-12-9(13)2-1-3-10(14)15/h4-5H,1-3,6H2,(H,12,13)(H,14,15). The normalized spacial score (nSPS) is 10.1. The Morgan fingerprint density at radius 1 is 1.38 bits per heavy atom. The van der Waals surface area contributed by atoms with Gasteiger partial charge in [0, 0.05) is 17.7 Å². The molecule has 1 aromatic rings. The first-order chi connectivity index (χ1) is 7.58. The van der Waals surface area contributed by atoms with Crippen molar-refractivity contribution in [2.75, 3.05) is 0 Å². The lowest BCUT2D eigenvalue weighted by molar-refractivity contribution is -0.137. The van der Waals surface area contributed by atoms with Gasteiger partial charge in [-0.05, 0) is 18.6 Å². The van der Waals surface area contributed by atoms with E-state index in [9.17, 15) is 9.59 Å². The average Bonchev–Trinajstić information content (AvgIpc) is 2.61. The summed E-state index contributed by atoms with van der Waals surface area (Å²) in [7, 11) is 0. The van der Waals surface area contributed by atoms with Gasteiger partial charge < -0.3 is 10.4 Å². The largest absolute Gasteiger partial charge is 0.481 e. The molecule has 1 amide bonds. The zero-order chi connectivity index (χ0) is 12.0. The summed E-state index contributed by atoms with van der Waals surface area (Å²) in [4.78, 5) is 22.5. The van der Waals surface area contributed by atoms with E-state index in [0.29, 0.717) is 17.3 Å². The molecule has 1 heterocycles. The molecule has 0 spiro atoms. The number of carboxylic acid groups (broad SMARTS) is 1. The van der Waals surface area contributed by atoms with E-state index in [1.807, 2.05) is 6.07 Å². The molecule has 4 nitrogen and oxygen atoms in total. The van der Waals surface area contributed by atoms with Crippen LogP contribution in [0.2, 0.25) is 4.34 Å². The summed E-state index contributed by atoms with van der Waals surface area (Å²) in [5.41, 5.74) is 0. The highest BCUT2D eigenvalue weighted by Gasteiger charge is 2.04. The minimum absolute atomic E-state index is 0.0260. The number of carboxylic acids is 1. The van der Waals surface area contributed by atoms with Crippen LogP contribution in [0.1, 0.15) is 24.1 Å². The number of carbonyl (C=O) groups excluding carboxylic acids is 1. The van der Waals surface area contributed by atoms with Crippen molar-refractivity contribution in [2.24, 2.45) is 0 Å². The van der Waals surface area contributed by atoms with Gasteiger partial charge in [-0.2, -0.15) is 0 Å². The van der Waals surface area contributed by atoms with Crippen LogP contribution in [0.3, 0.4) is 0 Å². The van der Waals surface area contributed by atoms with Gasteiger partial charge in [0.15, 0.2) is 0 Å². The van der Waals surface area contributed by atoms with E-state index in [-0.39, 0.29) is 18.7 Å². The molecule has 0 aliphatic heterocycles. The molecule has 0 saturated carbocycles. The van der Waals surface area contributed by atoms with Crippen LogP contribution in [0.25, 0.3) is 0 Å². The van der Waals surface area contributed by atoms with E-state index in [1.54, 1.807) is 6.07 Å². The lowest BCUT2D eigenvalue weighted by Gasteiger charge is -2.02. The van der Waals surface area contributed by atoms with Gasteiger partial charge in [-0.25, -0.2) is 0 Å². The Balaban J connectivity index is 2.17. The van der Waals surface area contributed by atoms with Crippen LogP contribution in [-0.2, 0) is 16.1 Å². The molecule has 0 radical (unpaired) electrons. The number of rotatable bonds is 6.